The van der Waals surface area contributed by atoms with Gasteiger partial charge >= 0.3 is 0 Å². The molecule has 1 fully saturated rings. The molecule has 88 valence electrons. The summed E-state index contributed by atoms with van der Waals surface area (Å²) in [6, 6.07) is 2.05. The van der Waals surface area contributed by atoms with E-state index in [4.69, 9.17) is 10.8 Å². The lowest BCUT2D eigenvalue weighted by Crippen LogP contribution is -2.35. The Morgan fingerprint density at radius 1 is 1.69 bits per heavy atom. The minimum absolute atomic E-state index is 0.00125. The van der Waals surface area contributed by atoms with Gasteiger partial charge in [0.15, 0.2) is 0 Å². The van der Waals surface area contributed by atoms with Crippen molar-refractivity contribution in [2.75, 3.05) is 18.9 Å². The lowest BCUT2D eigenvalue weighted by Gasteiger charge is -2.20. The average Bonchev–Trinajstić information content (AvgIpc) is 3.02. The molecule has 3 N–H and O–H groups in total. The van der Waals surface area contributed by atoms with Gasteiger partial charge in [0.05, 0.1) is 11.5 Å². The number of nitrogens with zero attached hydrogens (tertiary/aromatic N) is 1. The Balaban J connectivity index is 2.15. The van der Waals surface area contributed by atoms with Crippen molar-refractivity contribution in [1.29, 1.82) is 0 Å². The van der Waals surface area contributed by atoms with Crippen molar-refractivity contribution in [1.82, 2.24) is 4.90 Å². The second-order valence-electron chi connectivity index (χ2n) is 4.08. The van der Waals surface area contributed by atoms with Gasteiger partial charge in [-0.3, -0.25) is 4.79 Å². The molecule has 0 aliphatic heterocycles. The van der Waals surface area contributed by atoms with Gasteiger partial charge in [-0.15, -0.1) is 11.3 Å². The minimum Gasteiger partial charge on any atom is -0.398 e. The Morgan fingerprint density at radius 3 is 2.81 bits per heavy atom. The van der Waals surface area contributed by atoms with Gasteiger partial charge in [-0.2, -0.15) is 0 Å². The third kappa shape index (κ3) is 2.20. The highest BCUT2D eigenvalue weighted by atomic mass is 32.1. The van der Waals surface area contributed by atoms with Crippen molar-refractivity contribution in [3.05, 3.63) is 15.8 Å². The van der Waals surface area contributed by atoms with Gasteiger partial charge in [-0.1, -0.05) is 0 Å². The number of aliphatic hydroxyl groups excluding tert-OH is 1. The number of hydrogen-bond donors (Lipinski definition) is 2. The van der Waals surface area contributed by atoms with E-state index in [0.29, 0.717) is 23.2 Å². The van der Waals surface area contributed by atoms with E-state index in [2.05, 4.69) is 0 Å². The Labute approximate surface area is 98.7 Å². The molecule has 0 unspecified atom stereocenters. The summed E-state index contributed by atoms with van der Waals surface area (Å²) in [5.74, 6) is 0.00125. The normalized spacial score (nSPS) is 15.1. The molecule has 1 saturated carbocycles. The molecule has 16 heavy (non-hydrogen) atoms. The number of rotatable bonds is 4. The van der Waals surface area contributed by atoms with E-state index < -0.39 is 0 Å². The number of nitrogen functional groups attached to an aromatic ring is 1. The zero-order valence-electron chi connectivity index (χ0n) is 9.27. The van der Waals surface area contributed by atoms with Crippen LogP contribution in [0.1, 0.15) is 27.4 Å². The molecule has 2 rings (SSSR count). The van der Waals surface area contributed by atoms with Crippen LogP contribution in [0.15, 0.2) is 6.07 Å². The van der Waals surface area contributed by atoms with Crippen molar-refractivity contribution in [2.24, 2.45) is 0 Å². The second-order valence-corrected chi connectivity index (χ2v) is 5.33. The van der Waals surface area contributed by atoms with E-state index in [1.54, 1.807) is 11.0 Å². The van der Waals surface area contributed by atoms with E-state index in [1.807, 2.05) is 6.92 Å². The summed E-state index contributed by atoms with van der Waals surface area (Å²) in [7, 11) is 0. The van der Waals surface area contributed by atoms with Gasteiger partial charge in [-0.05, 0) is 25.8 Å². The summed E-state index contributed by atoms with van der Waals surface area (Å²) >= 11 is 1.42. The van der Waals surface area contributed by atoms with Gasteiger partial charge in [0.2, 0.25) is 0 Å². The largest absolute Gasteiger partial charge is 0.398 e. The van der Waals surface area contributed by atoms with E-state index in [-0.39, 0.29) is 12.5 Å². The van der Waals surface area contributed by atoms with Gasteiger partial charge in [0, 0.05) is 23.2 Å². The molecular weight excluding hydrogens is 224 g/mol. The highest BCUT2D eigenvalue weighted by Crippen LogP contribution is 2.31. The fourth-order valence-electron chi connectivity index (χ4n) is 1.69. The number of hydrogen-bond acceptors (Lipinski definition) is 4. The fourth-order valence-corrected chi connectivity index (χ4v) is 2.58. The van der Waals surface area contributed by atoms with Crippen LogP contribution in [-0.2, 0) is 0 Å². The maximum absolute atomic E-state index is 12.2. The van der Waals surface area contributed by atoms with Crippen LogP contribution >= 0.6 is 11.3 Å². The molecule has 1 aromatic rings. The number of carbonyl (C=O) groups excluding carboxylic acids is 1. The topological polar surface area (TPSA) is 66.6 Å². The monoisotopic (exact) mass is 240 g/mol. The number of thiophene rings is 1. The van der Waals surface area contributed by atoms with Crippen LogP contribution in [0.2, 0.25) is 0 Å². The highest BCUT2D eigenvalue weighted by Gasteiger charge is 2.33. The number of anilines is 1. The summed E-state index contributed by atoms with van der Waals surface area (Å²) in [5.41, 5.74) is 6.41. The smallest absolute Gasteiger partial charge is 0.264 e. The first kappa shape index (κ1) is 11.4. The van der Waals surface area contributed by atoms with Crippen LogP contribution in [-0.4, -0.2) is 35.1 Å². The molecule has 0 atom stereocenters. The third-order valence-corrected chi connectivity index (χ3v) is 3.81. The summed E-state index contributed by atoms with van der Waals surface area (Å²) in [6.45, 7) is 2.34. The second kappa shape index (κ2) is 4.43. The number of carbonyl (C=O) groups is 1. The van der Waals surface area contributed by atoms with Crippen LogP contribution in [0.3, 0.4) is 0 Å². The fraction of sp³-hybridized carbons (Fsp3) is 0.545. The van der Waals surface area contributed by atoms with Gasteiger partial charge in [-0.25, -0.2) is 0 Å². The molecule has 1 amide bonds. The Kier molecular flexibility index (Phi) is 3.16. The van der Waals surface area contributed by atoms with Crippen molar-refractivity contribution >= 4 is 22.9 Å². The van der Waals surface area contributed by atoms with Crippen molar-refractivity contribution < 1.29 is 9.90 Å². The predicted molar refractivity (Wildman–Crippen MR) is 64.6 cm³/mol. The molecule has 1 aliphatic rings. The predicted octanol–water partition coefficient (Wildman–Crippen LogP) is 1.24. The molecule has 0 radical (unpaired) electrons. The van der Waals surface area contributed by atoms with Crippen molar-refractivity contribution in [3.8, 4) is 0 Å². The maximum Gasteiger partial charge on any atom is 0.264 e. The zero-order chi connectivity index (χ0) is 11.7. The molecular formula is C11H16N2O2S. The molecule has 0 bridgehead atoms. The van der Waals surface area contributed by atoms with Crippen molar-refractivity contribution in [2.45, 2.75) is 25.8 Å². The highest BCUT2D eigenvalue weighted by molar-refractivity contribution is 7.14. The molecule has 5 heteroatoms. The molecule has 1 heterocycles. The Morgan fingerprint density at radius 2 is 2.38 bits per heavy atom. The first-order valence-corrected chi connectivity index (χ1v) is 6.23. The molecule has 1 aliphatic carbocycles. The van der Waals surface area contributed by atoms with Crippen LogP contribution < -0.4 is 5.73 Å². The van der Waals surface area contributed by atoms with E-state index in [1.165, 1.54) is 11.3 Å². The summed E-state index contributed by atoms with van der Waals surface area (Å²) in [5, 5.41) is 8.95. The SMILES string of the molecule is Cc1sc(C(=O)N(CCO)C2CC2)cc1N. The van der Waals surface area contributed by atoms with Gasteiger partial charge in [0.25, 0.3) is 5.91 Å². The Bertz CT molecular complexity index is 379. The number of aryl methyl sites for hydroxylation is 1. The van der Waals surface area contributed by atoms with Crippen LogP contribution in [0.25, 0.3) is 0 Å². The van der Waals surface area contributed by atoms with E-state index in [0.717, 1.165) is 17.7 Å². The maximum atomic E-state index is 12.2. The third-order valence-electron chi connectivity index (χ3n) is 2.76. The first-order valence-electron chi connectivity index (χ1n) is 5.41. The summed E-state index contributed by atoms with van der Waals surface area (Å²) in [6.07, 6.45) is 2.09. The number of amides is 1. The van der Waals surface area contributed by atoms with Crippen LogP contribution in [0, 0.1) is 6.92 Å². The van der Waals surface area contributed by atoms with Crippen LogP contribution in [0.5, 0.6) is 0 Å². The Hall–Kier alpha value is -1.07. The average molecular weight is 240 g/mol. The quantitative estimate of drug-likeness (QED) is 0.832. The minimum atomic E-state index is 0.00125. The standard InChI is InChI=1S/C11H16N2O2S/c1-7-9(12)6-10(16-7)11(15)13(4-5-14)8-2-3-8/h6,8,14H,2-5,12H2,1H3. The molecule has 0 spiro atoms. The lowest BCUT2D eigenvalue weighted by molar-refractivity contribution is 0.0712. The summed E-state index contributed by atoms with van der Waals surface area (Å²) in [4.78, 5) is 15.6. The van der Waals surface area contributed by atoms with E-state index >= 15 is 0 Å². The zero-order valence-corrected chi connectivity index (χ0v) is 10.1. The van der Waals surface area contributed by atoms with E-state index in [9.17, 15) is 4.79 Å². The molecule has 0 saturated heterocycles. The molecule has 1 aromatic heterocycles. The molecule has 4 nitrogen and oxygen atoms in total. The van der Waals surface area contributed by atoms with Crippen molar-refractivity contribution in [3.63, 3.8) is 0 Å². The number of aliphatic hydroxyl groups is 1. The van der Waals surface area contributed by atoms with Gasteiger partial charge in [0.1, 0.15) is 0 Å². The number of nitrogens with two attached hydrogens (primary N) is 1. The molecule has 0 aromatic carbocycles. The van der Waals surface area contributed by atoms with Gasteiger partial charge < -0.3 is 15.7 Å². The summed E-state index contributed by atoms with van der Waals surface area (Å²) < 4.78 is 0. The first-order chi connectivity index (χ1) is 7.63. The van der Waals surface area contributed by atoms with Crippen LogP contribution in [0.4, 0.5) is 5.69 Å². The lowest BCUT2D eigenvalue weighted by atomic mass is 10.3.